The predicted molar refractivity (Wildman–Crippen MR) is 118 cm³/mol. The van der Waals surface area contributed by atoms with Gasteiger partial charge in [-0.1, -0.05) is 18.6 Å². The highest BCUT2D eigenvalue weighted by Crippen LogP contribution is 2.21. The number of carbonyl (C=O) groups excluding carboxylic acids is 1. The maximum Gasteiger partial charge on any atom is 0.243 e. The lowest BCUT2D eigenvalue weighted by molar-refractivity contribution is -0.130. The molecule has 2 aliphatic heterocycles. The molecule has 2 aliphatic rings. The first-order valence-electron chi connectivity index (χ1n) is 10.8. The molecule has 0 unspecified atom stereocenters. The molecule has 0 radical (unpaired) electrons. The van der Waals surface area contributed by atoms with Gasteiger partial charge >= 0.3 is 0 Å². The minimum absolute atomic E-state index is 0.0328. The Bertz CT molecular complexity index is 995. The SMILES string of the molecule is O=C(Cc1ccc(S(=O)(=O)N2CCCCC2)cc1)N1CCN(c2ccc(F)cc2)CC1. The van der Waals surface area contributed by atoms with E-state index in [-0.39, 0.29) is 18.1 Å². The highest BCUT2D eigenvalue weighted by Gasteiger charge is 2.26. The summed E-state index contributed by atoms with van der Waals surface area (Å²) in [5.74, 6) is -0.224. The first kappa shape index (κ1) is 21.8. The van der Waals surface area contributed by atoms with E-state index in [1.54, 1.807) is 40.7 Å². The van der Waals surface area contributed by atoms with Crippen LogP contribution in [0.1, 0.15) is 24.8 Å². The zero-order valence-electron chi connectivity index (χ0n) is 17.5. The van der Waals surface area contributed by atoms with E-state index < -0.39 is 10.0 Å². The van der Waals surface area contributed by atoms with Crippen molar-refractivity contribution in [2.75, 3.05) is 44.2 Å². The van der Waals surface area contributed by atoms with Crippen molar-refractivity contribution >= 4 is 21.6 Å². The molecule has 2 saturated heterocycles. The summed E-state index contributed by atoms with van der Waals surface area (Å²) in [7, 11) is -3.45. The zero-order chi connectivity index (χ0) is 21.8. The largest absolute Gasteiger partial charge is 0.368 e. The van der Waals surface area contributed by atoms with E-state index in [1.807, 2.05) is 4.90 Å². The van der Waals surface area contributed by atoms with Crippen molar-refractivity contribution < 1.29 is 17.6 Å². The number of nitrogens with zero attached hydrogens (tertiary/aromatic N) is 3. The van der Waals surface area contributed by atoms with Gasteiger partial charge in [-0.05, 0) is 54.8 Å². The first-order valence-corrected chi connectivity index (χ1v) is 12.2. The topological polar surface area (TPSA) is 60.9 Å². The van der Waals surface area contributed by atoms with Gasteiger partial charge in [0.15, 0.2) is 0 Å². The summed E-state index contributed by atoms with van der Waals surface area (Å²) in [6, 6.07) is 13.1. The second-order valence-electron chi connectivity index (χ2n) is 8.13. The number of piperidine rings is 1. The molecule has 4 rings (SSSR count). The minimum Gasteiger partial charge on any atom is -0.368 e. The number of hydrogen-bond donors (Lipinski definition) is 0. The van der Waals surface area contributed by atoms with Gasteiger partial charge in [-0.15, -0.1) is 0 Å². The summed E-state index contributed by atoms with van der Waals surface area (Å²) >= 11 is 0. The molecule has 0 aromatic heterocycles. The van der Waals surface area contributed by atoms with Crippen LogP contribution >= 0.6 is 0 Å². The maximum atomic E-state index is 13.1. The average molecular weight is 446 g/mol. The third-order valence-corrected chi connectivity index (χ3v) is 7.97. The van der Waals surface area contributed by atoms with Crippen molar-refractivity contribution in [1.29, 1.82) is 0 Å². The minimum atomic E-state index is -3.45. The Hall–Kier alpha value is -2.45. The molecule has 0 aliphatic carbocycles. The summed E-state index contributed by atoms with van der Waals surface area (Å²) in [6.45, 7) is 3.77. The summed E-state index contributed by atoms with van der Waals surface area (Å²) in [5.41, 5.74) is 1.77. The number of halogens is 1. The van der Waals surface area contributed by atoms with Gasteiger partial charge in [0.05, 0.1) is 11.3 Å². The van der Waals surface area contributed by atoms with Crippen molar-refractivity contribution in [3.8, 4) is 0 Å². The van der Waals surface area contributed by atoms with Crippen LogP contribution < -0.4 is 4.90 Å². The van der Waals surface area contributed by atoms with Crippen LogP contribution in [-0.4, -0.2) is 62.8 Å². The van der Waals surface area contributed by atoms with Gasteiger partial charge in [-0.25, -0.2) is 12.8 Å². The average Bonchev–Trinajstić information content (AvgIpc) is 2.81. The van der Waals surface area contributed by atoms with E-state index in [0.717, 1.165) is 30.5 Å². The molecule has 0 spiro atoms. The molecule has 6 nitrogen and oxygen atoms in total. The molecule has 2 aromatic rings. The molecule has 0 atom stereocenters. The zero-order valence-corrected chi connectivity index (χ0v) is 18.4. The van der Waals surface area contributed by atoms with E-state index in [4.69, 9.17) is 0 Å². The van der Waals surface area contributed by atoms with Crippen LogP contribution in [0.4, 0.5) is 10.1 Å². The molecule has 2 heterocycles. The Morgan fingerprint density at radius 1 is 0.806 bits per heavy atom. The lowest BCUT2D eigenvalue weighted by atomic mass is 10.1. The summed E-state index contributed by atoms with van der Waals surface area (Å²) in [6.07, 6.45) is 3.13. The van der Waals surface area contributed by atoms with Gasteiger partial charge < -0.3 is 9.80 Å². The Labute approximate surface area is 183 Å². The van der Waals surface area contributed by atoms with E-state index in [1.165, 1.54) is 12.1 Å². The van der Waals surface area contributed by atoms with Crippen LogP contribution in [0.5, 0.6) is 0 Å². The van der Waals surface area contributed by atoms with Gasteiger partial charge in [0.25, 0.3) is 0 Å². The monoisotopic (exact) mass is 445 g/mol. The highest BCUT2D eigenvalue weighted by molar-refractivity contribution is 7.89. The number of carbonyl (C=O) groups is 1. The van der Waals surface area contributed by atoms with Crippen molar-refractivity contribution in [3.63, 3.8) is 0 Å². The van der Waals surface area contributed by atoms with Gasteiger partial charge in [-0.2, -0.15) is 4.31 Å². The summed E-state index contributed by atoms with van der Waals surface area (Å²) in [4.78, 5) is 17.0. The first-order chi connectivity index (χ1) is 14.9. The van der Waals surface area contributed by atoms with Crippen molar-refractivity contribution in [3.05, 3.63) is 59.9 Å². The second-order valence-corrected chi connectivity index (χ2v) is 10.1. The van der Waals surface area contributed by atoms with Crippen LogP contribution in [0.25, 0.3) is 0 Å². The van der Waals surface area contributed by atoms with Gasteiger partial charge in [0.1, 0.15) is 5.82 Å². The van der Waals surface area contributed by atoms with Crippen molar-refractivity contribution in [1.82, 2.24) is 9.21 Å². The summed E-state index contributed by atoms with van der Waals surface area (Å²) < 4.78 is 40.2. The molecule has 8 heteroatoms. The molecule has 2 fully saturated rings. The molecular formula is C23H28FN3O3S. The standard InChI is InChI=1S/C23H28FN3O3S/c24-20-6-8-21(9-7-20)25-14-16-26(17-15-25)23(28)18-19-4-10-22(11-5-19)31(29,30)27-12-2-1-3-13-27/h4-11H,1-3,12-18H2. The Balaban J connectivity index is 1.32. The normalized spacial score (nSPS) is 18.2. The molecule has 0 saturated carbocycles. The fourth-order valence-electron chi connectivity index (χ4n) is 4.19. The number of anilines is 1. The number of sulfonamides is 1. The van der Waals surface area contributed by atoms with Crippen LogP contribution in [0.3, 0.4) is 0 Å². The van der Waals surface area contributed by atoms with E-state index in [2.05, 4.69) is 4.90 Å². The Morgan fingerprint density at radius 2 is 1.42 bits per heavy atom. The Kier molecular flexibility index (Phi) is 6.57. The fourth-order valence-corrected chi connectivity index (χ4v) is 5.70. The predicted octanol–water partition coefficient (Wildman–Crippen LogP) is 2.89. The molecule has 31 heavy (non-hydrogen) atoms. The lowest BCUT2D eigenvalue weighted by Crippen LogP contribution is -2.49. The van der Waals surface area contributed by atoms with Gasteiger partial charge in [0.2, 0.25) is 15.9 Å². The van der Waals surface area contributed by atoms with Crippen LogP contribution in [0, 0.1) is 5.82 Å². The number of hydrogen-bond acceptors (Lipinski definition) is 4. The number of amides is 1. The molecular weight excluding hydrogens is 417 g/mol. The van der Waals surface area contributed by atoms with Crippen LogP contribution in [0.15, 0.2) is 53.4 Å². The molecule has 2 aromatic carbocycles. The maximum absolute atomic E-state index is 13.1. The molecule has 0 bridgehead atoms. The van der Waals surface area contributed by atoms with Crippen molar-refractivity contribution in [2.45, 2.75) is 30.6 Å². The van der Waals surface area contributed by atoms with Gasteiger partial charge in [-0.3, -0.25) is 4.79 Å². The number of rotatable bonds is 5. The van der Waals surface area contributed by atoms with Crippen LogP contribution in [0.2, 0.25) is 0 Å². The number of benzene rings is 2. The lowest BCUT2D eigenvalue weighted by Gasteiger charge is -2.36. The Morgan fingerprint density at radius 3 is 2.03 bits per heavy atom. The molecule has 0 N–H and O–H groups in total. The van der Waals surface area contributed by atoms with E-state index >= 15 is 0 Å². The van der Waals surface area contributed by atoms with Crippen LogP contribution in [-0.2, 0) is 21.2 Å². The fraction of sp³-hybridized carbons (Fsp3) is 0.435. The summed E-state index contributed by atoms with van der Waals surface area (Å²) in [5, 5.41) is 0. The van der Waals surface area contributed by atoms with Gasteiger partial charge in [0, 0.05) is 45.0 Å². The third-order valence-electron chi connectivity index (χ3n) is 6.06. The van der Waals surface area contributed by atoms with E-state index in [0.29, 0.717) is 44.2 Å². The molecule has 1 amide bonds. The smallest absolute Gasteiger partial charge is 0.243 e. The van der Waals surface area contributed by atoms with Crippen molar-refractivity contribution in [2.24, 2.45) is 0 Å². The number of piperazine rings is 1. The second kappa shape index (κ2) is 9.36. The highest BCUT2D eigenvalue weighted by atomic mass is 32.2. The molecule has 166 valence electrons. The third kappa shape index (κ3) is 5.07. The van der Waals surface area contributed by atoms with E-state index in [9.17, 15) is 17.6 Å². The quantitative estimate of drug-likeness (QED) is 0.710.